The third kappa shape index (κ3) is 7.06. The molecule has 0 spiro atoms. The van der Waals surface area contributed by atoms with Gasteiger partial charge in [-0.05, 0) is 31.2 Å². The summed E-state index contributed by atoms with van der Waals surface area (Å²) >= 11 is 1.78. The van der Waals surface area contributed by atoms with Crippen molar-refractivity contribution in [3.8, 4) is 0 Å². The molecule has 140 valence electrons. The van der Waals surface area contributed by atoms with Gasteiger partial charge >= 0.3 is 0 Å². The first-order valence-electron chi connectivity index (χ1n) is 9.54. The first kappa shape index (κ1) is 19.8. The van der Waals surface area contributed by atoms with Crippen LogP contribution in [0.5, 0.6) is 0 Å². The Morgan fingerprint density at radius 1 is 1.24 bits per heavy atom. The summed E-state index contributed by atoms with van der Waals surface area (Å²) in [7, 11) is 0. The molecule has 25 heavy (non-hydrogen) atoms. The van der Waals surface area contributed by atoms with E-state index in [1.807, 2.05) is 0 Å². The molecule has 3 N–H and O–H groups in total. The van der Waals surface area contributed by atoms with E-state index >= 15 is 0 Å². The third-order valence-electron chi connectivity index (χ3n) is 4.59. The third-order valence-corrected chi connectivity index (χ3v) is 5.69. The Bertz CT molecular complexity index is 524. The van der Waals surface area contributed by atoms with Crippen LogP contribution in [0.3, 0.4) is 0 Å². The molecule has 2 rings (SSSR count). The highest BCUT2D eigenvalue weighted by Crippen LogP contribution is 2.23. The van der Waals surface area contributed by atoms with Crippen molar-refractivity contribution in [3.05, 3.63) is 22.4 Å². The lowest BCUT2D eigenvalue weighted by atomic mass is 9.89. The zero-order chi connectivity index (χ0) is 17.9. The van der Waals surface area contributed by atoms with Crippen LogP contribution < -0.4 is 16.0 Å². The monoisotopic (exact) mass is 364 g/mol. The first-order valence-corrected chi connectivity index (χ1v) is 10.4. The summed E-state index contributed by atoms with van der Waals surface area (Å²) in [6.07, 6.45) is 5.75. The van der Waals surface area contributed by atoms with Gasteiger partial charge in [-0.25, -0.2) is 0 Å². The molecule has 0 bridgehead atoms. The molecule has 1 aliphatic rings. The fraction of sp³-hybridized carbons (Fsp3) is 0.684. The molecule has 1 saturated carbocycles. The van der Waals surface area contributed by atoms with Crippen molar-refractivity contribution in [2.75, 3.05) is 26.2 Å². The van der Waals surface area contributed by atoms with Gasteiger partial charge in [-0.3, -0.25) is 9.79 Å². The van der Waals surface area contributed by atoms with Crippen molar-refractivity contribution in [2.45, 2.75) is 51.9 Å². The van der Waals surface area contributed by atoms with Crippen LogP contribution in [0.2, 0.25) is 0 Å². The summed E-state index contributed by atoms with van der Waals surface area (Å²) in [4.78, 5) is 18.2. The van der Waals surface area contributed by atoms with E-state index in [0.717, 1.165) is 31.9 Å². The number of guanidine groups is 1. The maximum absolute atomic E-state index is 12.1. The number of hydrogen-bond acceptors (Lipinski definition) is 3. The average molecular weight is 365 g/mol. The molecule has 1 amide bonds. The van der Waals surface area contributed by atoms with Crippen molar-refractivity contribution < 1.29 is 4.79 Å². The Labute approximate surface area is 155 Å². The van der Waals surface area contributed by atoms with E-state index in [0.29, 0.717) is 19.0 Å². The van der Waals surface area contributed by atoms with E-state index in [1.54, 1.807) is 11.3 Å². The van der Waals surface area contributed by atoms with Gasteiger partial charge in [-0.1, -0.05) is 32.3 Å². The lowest BCUT2D eigenvalue weighted by Crippen LogP contribution is -2.42. The normalized spacial score (nSPS) is 17.1. The molecule has 6 heteroatoms. The maximum Gasteiger partial charge on any atom is 0.223 e. The number of hydrogen-bond donors (Lipinski definition) is 3. The highest BCUT2D eigenvalue weighted by molar-refractivity contribution is 7.10. The number of nitrogens with zero attached hydrogens (tertiary/aromatic N) is 1. The molecule has 1 aromatic heterocycles. The zero-order valence-electron chi connectivity index (χ0n) is 15.5. The molecule has 0 saturated heterocycles. The van der Waals surface area contributed by atoms with E-state index in [2.05, 4.69) is 52.3 Å². The summed E-state index contributed by atoms with van der Waals surface area (Å²) in [5.74, 6) is 1.68. The zero-order valence-corrected chi connectivity index (χ0v) is 16.3. The summed E-state index contributed by atoms with van der Waals surface area (Å²) in [5, 5.41) is 11.7. The Balaban J connectivity index is 1.69. The first-order chi connectivity index (χ1) is 12.2. The van der Waals surface area contributed by atoms with E-state index in [1.165, 1.54) is 24.1 Å². The molecular formula is C19H32N4OS. The number of carbonyl (C=O) groups is 1. The van der Waals surface area contributed by atoms with Gasteiger partial charge in [0, 0.05) is 36.3 Å². The smallest absolute Gasteiger partial charge is 0.223 e. The second-order valence-electron chi connectivity index (χ2n) is 6.69. The number of thiophene rings is 1. The molecule has 0 radical (unpaired) electrons. The highest BCUT2D eigenvalue weighted by Gasteiger charge is 2.20. The van der Waals surface area contributed by atoms with Crippen LogP contribution in [0.1, 0.15) is 56.7 Å². The number of carbonyl (C=O) groups excluding carboxylic acids is 1. The van der Waals surface area contributed by atoms with Crippen molar-refractivity contribution in [1.29, 1.82) is 0 Å². The standard InChI is InChI=1S/C19H32N4OS/c1-3-20-19(23-14-15(2)17-10-7-13-25-17)22-12-11-21-18(24)16-8-5-4-6-9-16/h7,10,13,15-16H,3-6,8-9,11-12,14H2,1-2H3,(H,21,24)(H2,20,22,23). The van der Waals surface area contributed by atoms with Gasteiger partial charge in [0.05, 0.1) is 6.54 Å². The molecule has 0 aliphatic heterocycles. The van der Waals surface area contributed by atoms with Gasteiger partial charge in [0.2, 0.25) is 5.91 Å². The fourth-order valence-corrected chi connectivity index (χ4v) is 3.89. The van der Waals surface area contributed by atoms with E-state index in [9.17, 15) is 4.79 Å². The van der Waals surface area contributed by atoms with Crippen molar-refractivity contribution >= 4 is 23.2 Å². The molecule has 5 nitrogen and oxygen atoms in total. The van der Waals surface area contributed by atoms with Gasteiger partial charge in [-0.15, -0.1) is 11.3 Å². The van der Waals surface area contributed by atoms with Crippen molar-refractivity contribution in [2.24, 2.45) is 10.9 Å². The van der Waals surface area contributed by atoms with Crippen LogP contribution in [-0.4, -0.2) is 38.0 Å². The average Bonchev–Trinajstić information content (AvgIpc) is 3.18. The number of aliphatic imine (C=N–C) groups is 1. The molecule has 0 aromatic carbocycles. The molecule has 1 aliphatic carbocycles. The second kappa shape index (κ2) is 11.1. The largest absolute Gasteiger partial charge is 0.357 e. The molecule has 1 atom stereocenters. The lowest BCUT2D eigenvalue weighted by Gasteiger charge is -2.21. The van der Waals surface area contributed by atoms with Crippen LogP contribution in [0.4, 0.5) is 0 Å². The highest BCUT2D eigenvalue weighted by atomic mass is 32.1. The molecule has 1 aromatic rings. The minimum absolute atomic E-state index is 0.217. The van der Waals surface area contributed by atoms with Gasteiger partial charge in [0.25, 0.3) is 0 Å². The van der Waals surface area contributed by atoms with E-state index in [4.69, 9.17) is 0 Å². The molecular weight excluding hydrogens is 332 g/mol. The van der Waals surface area contributed by atoms with E-state index < -0.39 is 0 Å². The predicted molar refractivity (Wildman–Crippen MR) is 106 cm³/mol. The fourth-order valence-electron chi connectivity index (χ4n) is 3.11. The van der Waals surface area contributed by atoms with Crippen LogP contribution in [0, 0.1) is 5.92 Å². The molecule has 1 unspecified atom stereocenters. The van der Waals surface area contributed by atoms with Gasteiger partial charge in [0.15, 0.2) is 5.96 Å². The Morgan fingerprint density at radius 2 is 2.00 bits per heavy atom. The Hall–Kier alpha value is -1.56. The quantitative estimate of drug-likeness (QED) is 0.377. The second-order valence-corrected chi connectivity index (χ2v) is 7.67. The minimum atomic E-state index is 0.217. The Kier molecular flexibility index (Phi) is 8.80. The Morgan fingerprint density at radius 3 is 2.68 bits per heavy atom. The van der Waals surface area contributed by atoms with Crippen LogP contribution in [-0.2, 0) is 4.79 Å². The SMILES string of the molecule is CCNC(=NCC(C)c1cccs1)NCCNC(=O)C1CCCCC1. The van der Waals surface area contributed by atoms with Crippen LogP contribution in [0.15, 0.2) is 22.5 Å². The summed E-state index contributed by atoms with van der Waals surface area (Å²) in [6, 6.07) is 4.24. The summed E-state index contributed by atoms with van der Waals surface area (Å²) < 4.78 is 0. The van der Waals surface area contributed by atoms with Gasteiger partial charge in [-0.2, -0.15) is 0 Å². The number of nitrogens with one attached hydrogen (secondary N) is 3. The molecule has 1 fully saturated rings. The van der Waals surface area contributed by atoms with Crippen molar-refractivity contribution in [3.63, 3.8) is 0 Å². The van der Waals surface area contributed by atoms with Crippen LogP contribution >= 0.6 is 11.3 Å². The number of amides is 1. The predicted octanol–water partition coefficient (Wildman–Crippen LogP) is 3.10. The lowest BCUT2D eigenvalue weighted by molar-refractivity contribution is -0.125. The van der Waals surface area contributed by atoms with E-state index in [-0.39, 0.29) is 11.8 Å². The summed E-state index contributed by atoms with van der Waals surface area (Å²) in [6.45, 7) is 7.17. The summed E-state index contributed by atoms with van der Waals surface area (Å²) in [5.41, 5.74) is 0. The minimum Gasteiger partial charge on any atom is -0.357 e. The molecule has 1 heterocycles. The number of rotatable bonds is 8. The van der Waals surface area contributed by atoms with Crippen molar-refractivity contribution in [1.82, 2.24) is 16.0 Å². The van der Waals surface area contributed by atoms with Gasteiger partial charge < -0.3 is 16.0 Å². The van der Waals surface area contributed by atoms with Crippen LogP contribution in [0.25, 0.3) is 0 Å². The maximum atomic E-state index is 12.1. The topological polar surface area (TPSA) is 65.5 Å². The van der Waals surface area contributed by atoms with Gasteiger partial charge in [0.1, 0.15) is 0 Å².